The molecule has 0 aliphatic rings. The van der Waals surface area contributed by atoms with E-state index < -0.39 is 0 Å². The van der Waals surface area contributed by atoms with Gasteiger partial charge in [-0.3, -0.25) is 0 Å². The van der Waals surface area contributed by atoms with Gasteiger partial charge in [0.2, 0.25) is 0 Å². The van der Waals surface area contributed by atoms with Crippen molar-refractivity contribution in [2.24, 2.45) is 0 Å². The molecule has 0 amide bonds. The molecular formula is C16H18O2. The molecule has 0 radical (unpaired) electrons. The molecule has 0 bridgehead atoms. The molecule has 0 fully saturated rings. The molecule has 0 atom stereocenters. The van der Waals surface area contributed by atoms with Crippen LogP contribution in [0, 0.1) is 0 Å². The summed E-state index contributed by atoms with van der Waals surface area (Å²) in [5.74, 6) is 0.577. The highest BCUT2D eigenvalue weighted by atomic mass is 16.3. The first-order chi connectivity index (χ1) is 8.67. The summed E-state index contributed by atoms with van der Waals surface area (Å²) in [5, 5.41) is 19.6. The molecule has 0 aromatic heterocycles. The zero-order valence-corrected chi connectivity index (χ0v) is 10.8. The Balaban J connectivity index is 2.68. The van der Waals surface area contributed by atoms with Crippen LogP contribution < -0.4 is 0 Å². The summed E-state index contributed by atoms with van der Waals surface area (Å²) >= 11 is 0. The summed E-state index contributed by atoms with van der Waals surface area (Å²) < 4.78 is 0. The first-order valence-electron chi connectivity index (χ1n) is 6.30. The summed E-state index contributed by atoms with van der Waals surface area (Å²) in [6, 6.07) is 11.0. The van der Waals surface area contributed by atoms with Gasteiger partial charge in [-0.25, -0.2) is 0 Å². The Labute approximate surface area is 108 Å². The van der Waals surface area contributed by atoms with Crippen LogP contribution >= 0.6 is 0 Å². The van der Waals surface area contributed by atoms with Gasteiger partial charge in [-0.1, -0.05) is 32.0 Å². The number of aromatic hydroxyl groups is 2. The first-order valence-corrected chi connectivity index (χ1v) is 6.30. The number of hydrogen-bond donors (Lipinski definition) is 2. The van der Waals surface area contributed by atoms with Gasteiger partial charge in [0, 0.05) is 5.56 Å². The van der Waals surface area contributed by atoms with Crippen molar-refractivity contribution in [3.63, 3.8) is 0 Å². The highest BCUT2D eigenvalue weighted by Gasteiger charge is 2.11. The van der Waals surface area contributed by atoms with Crippen molar-refractivity contribution in [1.29, 1.82) is 0 Å². The van der Waals surface area contributed by atoms with E-state index in [9.17, 15) is 10.2 Å². The van der Waals surface area contributed by atoms with Crippen LogP contribution in [0.25, 0.3) is 11.1 Å². The smallest absolute Gasteiger partial charge is 0.119 e. The van der Waals surface area contributed by atoms with E-state index in [1.54, 1.807) is 18.2 Å². The van der Waals surface area contributed by atoms with Gasteiger partial charge in [-0.05, 0) is 47.7 Å². The minimum absolute atomic E-state index is 0.257. The number of hydrogen-bond acceptors (Lipinski definition) is 2. The molecule has 94 valence electrons. The maximum Gasteiger partial charge on any atom is 0.119 e. The third-order valence-corrected chi connectivity index (χ3v) is 3.27. The minimum Gasteiger partial charge on any atom is -0.508 e. The highest BCUT2D eigenvalue weighted by Crippen LogP contribution is 2.34. The van der Waals surface area contributed by atoms with Gasteiger partial charge < -0.3 is 10.2 Å². The van der Waals surface area contributed by atoms with E-state index in [2.05, 4.69) is 6.92 Å². The molecule has 0 aliphatic carbocycles. The van der Waals surface area contributed by atoms with Crippen molar-refractivity contribution >= 4 is 0 Å². The lowest BCUT2D eigenvalue weighted by Crippen LogP contribution is -1.93. The third-order valence-electron chi connectivity index (χ3n) is 3.27. The normalized spacial score (nSPS) is 10.6. The monoisotopic (exact) mass is 242 g/mol. The molecule has 2 aromatic carbocycles. The molecule has 0 saturated heterocycles. The van der Waals surface area contributed by atoms with Crippen LogP contribution in [0.3, 0.4) is 0 Å². The van der Waals surface area contributed by atoms with E-state index in [1.807, 2.05) is 25.1 Å². The molecule has 2 N–H and O–H groups in total. The van der Waals surface area contributed by atoms with Crippen molar-refractivity contribution in [3.8, 4) is 22.6 Å². The Bertz CT molecular complexity index is 559. The van der Waals surface area contributed by atoms with E-state index in [1.165, 1.54) is 5.56 Å². The number of phenolic OH excluding ortho intramolecular Hbond substituents is 2. The predicted molar refractivity (Wildman–Crippen MR) is 74.0 cm³/mol. The fraction of sp³-hybridized carbons (Fsp3) is 0.250. The Kier molecular flexibility index (Phi) is 3.56. The van der Waals surface area contributed by atoms with Crippen LogP contribution in [0.15, 0.2) is 36.4 Å². The van der Waals surface area contributed by atoms with Crippen molar-refractivity contribution in [3.05, 3.63) is 47.5 Å². The van der Waals surface area contributed by atoms with E-state index in [4.69, 9.17) is 0 Å². The maximum absolute atomic E-state index is 9.92. The Hall–Kier alpha value is -1.96. The molecule has 0 heterocycles. The quantitative estimate of drug-likeness (QED) is 0.857. The maximum atomic E-state index is 9.92. The second kappa shape index (κ2) is 5.13. The number of rotatable bonds is 3. The zero-order chi connectivity index (χ0) is 13.1. The molecule has 2 heteroatoms. The summed E-state index contributed by atoms with van der Waals surface area (Å²) in [6.07, 6.45) is 1.66. The fourth-order valence-corrected chi connectivity index (χ4v) is 2.32. The summed E-state index contributed by atoms with van der Waals surface area (Å²) in [5.41, 5.74) is 4.11. The van der Waals surface area contributed by atoms with E-state index in [0.29, 0.717) is 5.75 Å². The highest BCUT2D eigenvalue weighted by molar-refractivity contribution is 5.74. The molecule has 2 aromatic rings. The van der Waals surface area contributed by atoms with E-state index in [-0.39, 0.29) is 5.75 Å². The van der Waals surface area contributed by atoms with Gasteiger partial charge in [0.05, 0.1) is 0 Å². The van der Waals surface area contributed by atoms with Gasteiger partial charge >= 0.3 is 0 Å². The van der Waals surface area contributed by atoms with Crippen LogP contribution in [0.1, 0.15) is 25.0 Å². The molecule has 2 rings (SSSR count). The molecule has 18 heavy (non-hydrogen) atoms. The SMILES string of the molecule is CCc1ccc(O)cc1-c1cccc(O)c1CC. The Morgan fingerprint density at radius 3 is 2.33 bits per heavy atom. The van der Waals surface area contributed by atoms with E-state index in [0.717, 1.165) is 29.5 Å². The largest absolute Gasteiger partial charge is 0.508 e. The Morgan fingerprint density at radius 2 is 1.67 bits per heavy atom. The third kappa shape index (κ3) is 2.19. The minimum atomic E-state index is 0.257. The second-order valence-corrected chi connectivity index (χ2v) is 4.35. The van der Waals surface area contributed by atoms with Crippen LogP contribution in [0.4, 0.5) is 0 Å². The number of phenols is 2. The van der Waals surface area contributed by atoms with Gasteiger partial charge in [-0.15, -0.1) is 0 Å². The van der Waals surface area contributed by atoms with Crippen LogP contribution in [-0.4, -0.2) is 10.2 Å². The number of aryl methyl sites for hydroxylation is 1. The standard InChI is InChI=1S/C16H18O2/c1-3-11-8-9-12(17)10-15(11)14-6-5-7-16(18)13(14)4-2/h5-10,17-18H,3-4H2,1-2H3. The molecule has 0 spiro atoms. The summed E-state index contributed by atoms with van der Waals surface area (Å²) in [4.78, 5) is 0. The average Bonchev–Trinajstić information content (AvgIpc) is 2.38. The second-order valence-electron chi connectivity index (χ2n) is 4.35. The summed E-state index contributed by atoms with van der Waals surface area (Å²) in [6.45, 7) is 4.11. The Morgan fingerprint density at radius 1 is 0.889 bits per heavy atom. The van der Waals surface area contributed by atoms with Gasteiger partial charge in [0.1, 0.15) is 11.5 Å². The fourth-order valence-electron chi connectivity index (χ4n) is 2.32. The van der Waals surface area contributed by atoms with Crippen LogP contribution in [0.5, 0.6) is 11.5 Å². The molecular weight excluding hydrogens is 224 g/mol. The molecule has 2 nitrogen and oxygen atoms in total. The van der Waals surface area contributed by atoms with Crippen LogP contribution in [0.2, 0.25) is 0 Å². The van der Waals surface area contributed by atoms with Gasteiger partial charge in [0.25, 0.3) is 0 Å². The van der Waals surface area contributed by atoms with Crippen molar-refractivity contribution in [1.82, 2.24) is 0 Å². The lowest BCUT2D eigenvalue weighted by Gasteiger charge is -2.14. The molecule has 0 aliphatic heterocycles. The van der Waals surface area contributed by atoms with Gasteiger partial charge in [-0.2, -0.15) is 0 Å². The number of benzene rings is 2. The summed E-state index contributed by atoms with van der Waals surface area (Å²) in [7, 11) is 0. The van der Waals surface area contributed by atoms with E-state index >= 15 is 0 Å². The predicted octanol–water partition coefficient (Wildman–Crippen LogP) is 3.89. The van der Waals surface area contributed by atoms with Crippen LogP contribution in [-0.2, 0) is 12.8 Å². The van der Waals surface area contributed by atoms with Crippen molar-refractivity contribution in [2.45, 2.75) is 26.7 Å². The van der Waals surface area contributed by atoms with Crippen molar-refractivity contribution < 1.29 is 10.2 Å². The zero-order valence-electron chi connectivity index (χ0n) is 10.8. The first kappa shape index (κ1) is 12.5. The van der Waals surface area contributed by atoms with Crippen molar-refractivity contribution in [2.75, 3.05) is 0 Å². The lowest BCUT2D eigenvalue weighted by molar-refractivity contribution is 0.469. The lowest BCUT2D eigenvalue weighted by atomic mass is 9.92. The molecule has 0 unspecified atom stereocenters. The van der Waals surface area contributed by atoms with Gasteiger partial charge in [0.15, 0.2) is 0 Å². The molecule has 0 saturated carbocycles. The topological polar surface area (TPSA) is 40.5 Å². The average molecular weight is 242 g/mol.